The molecule has 158 valence electrons. The number of benzene rings is 1. The molecule has 0 aliphatic heterocycles. The van der Waals surface area contributed by atoms with Crippen LogP contribution in [0.3, 0.4) is 0 Å². The smallest absolute Gasteiger partial charge is 0.387 e. The van der Waals surface area contributed by atoms with Gasteiger partial charge in [-0.1, -0.05) is 12.1 Å². The van der Waals surface area contributed by atoms with Crippen LogP contribution in [0, 0.1) is 0 Å². The van der Waals surface area contributed by atoms with Crippen molar-refractivity contribution in [3.05, 3.63) is 30.6 Å². The molecule has 13 heteroatoms. The molecule has 0 saturated heterocycles. The van der Waals surface area contributed by atoms with E-state index >= 15 is 0 Å². The Bertz CT molecular complexity index is 1310. The molecule has 0 unspecified atom stereocenters. The Morgan fingerprint density at radius 2 is 1.73 bits per heavy atom. The number of hydrogen-bond donors (Lipinski definition) is 3. The van der Waals surface area contributed by atoms with Crippen LogP contribution in [-0.4, -0.2) is 49.2 Å². The normalized spacial score (nSPS) is 11.9. The number of hydrogen-bond acceptors (Lipinski definition) is 7. The molecule has 3 N–H and O–H groups in total. The number of methoxy groups -OCH3 is 2. The van der Waals surface area contributed by atoms with Crippen LogP contribution in [0.1, 0.15) is 0 Å². The lowest BCUT2D eigenvalue weighted by Gasteiger charge is -2.14. The van der Waals surface area contributed by atoms with E-state index in [1.54, 1.807) is 18.3 Å². The number of aromatic amines is 2. The fraction of sp³-hybridized carbons (Fsp3) is 0.176. The van der Waals surface area contributed by atoms with Gasteiger partial charge < -0.3 is 24.2 Å². The van der Waals surface area contributed by atoms with E-state index in [1.165, 1.54) is 6.20 Å². The third-order valence-electron chi connectivity index (χ3n) is 4.25. The summed E-state index contributed by atoms with van der Waals surface area (Å²) in [5.74, 6) is -1.85. The number of nitrogens with one attached hydrogen (secondary N) is 3. The van der Waals surface area contributed by atoms with Gasteiger partial charge in [-0.25, -0.2) is 13.1 Å². The van der Waals surface area contributed by atoms with E-state index in [2.05, 4.69) is 29.4 Å². The average molecular weight is 439 g/mol. The molecule has 3 heterocycles. The zero-order valence-corrected chi connectivity index (χ0v) is 16.4. The molecule has 0 bridgehead atoms. The van der Waals surface area contributed by atoms with Crippen molar-refractivity contribution >= 4 is 37.8 Å². The summed E-state index contributed by atoms with van der Waals surface area (Å²) in [5, 5.41) is 1.35. The number of fused-ring (bicyclic) bond motifs is 3. The number of halogens is 2. The lowest BCUT2D eigenvalue weighted by Crippen LogP contribution is -2.16. The predicted octanol–water partition coefficient (Wildman–Crippen LogP) is 2.86. The maximum Gasteiger partial charge on any atom is 0.387 e. The number of nitrogens with zero attached hydrogens (tertiary/aromatic N) is 2. The molecule has 4 aromatic rings. The van der Waals surface area contributed by atoms with Crippen molar-refractivity contribution in [1.82, 2.24) is 19.9 Å². The second-order valence-electron chi connectivity index (χ2n) is 5.96. The van der Waals surface area contributed by atoms with Crippen LogP contribution in [0.5, 0.6) is 17.5 Å². The first-order valence-electron chi connectivity index (χ1n) is 8.39. The SMILES string of the molecule is COc1nc(NS(=O)(=O)c2c[nH]c3c2ccc2cc[nH]c23)nc(OC)c1OC(F)F. The zero-order chi connectivity index (χ0) is 21.5. The maximum absolute atomic E-state index is 13.0. The molecule has 30 heavy (non-hydrogen) atoms. The van der Waals surface area contributed by atoms with Crippen molar-refractivity contribution in [2.75, 3.05) is 18.9 Å². The van der Waals surface area contributed by atoms with E-state index in [0.717, 1.165) is 25.1 Å². The van der Waals surface area contributed by atoms with Crippen molar-refractivity contribution in [3.63, 3.8) is 0 Å². The van der Waals surface area contributed by atoms with Crippen molar-refractivity contribution < 1.29 is 31.4 Å². The maximum atomic E-state index is 13.0. The minimum atomic E-state index is -4.15. The third-order valence-corrected chi connectivity index (χ3v) is 5.62. The Morgan fingerprint density at radius 1 is 1.03 bits per heavy atom. The topological polar surface area (TPSA) is 131 Å². The summed E-state index contributed by atoms with van der Waals surface area (Å²) in [5.41, 5.74) is 1.36. The molecule has 0 amide bonds. The number of anilines is 1. The molecule has 10 nitrogen and oxygen atoms in total. The average Bonchev–Trinajstić information content (AvgIpc) is 3.34. The van der Waals surface area contributed by atoms with Gasteiger partial charge in [0, 0.05) is 23.2 Å². The standard InChI is InChI=1S/C17H15F2N5O5S/c1-27-14-13(29-16(18)19)15(28-2)23-17(22-14)24-30(25,26)10-7-21-12-9(10)4-3-8-5-6-20-11(8)12/h3-7,16,20-21H,1-2H3,(H,22,23,24). The summed E-state index contributed by atoms with van der Waals surface area (Å²) in [6, 6.07) is 5.30. The highest BCUT2D eigenvalue weighted by atomic mass is 32.2. The minimum absolute atomic E-state index is 0.0524. The van der Waals surface area contributed by atoms with E-state index in [4.69, 9.17) is 9.47 Å². The summed E-state index contributed by atoms with van der Waals surface area (Å²) in [6.45, 7) is -3.19. The van der Waals surface area contributed by atoms with Crippen LogP contribution in [0.25, 0.3) is 21.8 Å². The Labute approximate surface area is 168 Å². The molecule has 4 rings (SSSR count). The molecule has 0 saturated carbocycles. The highest BCUT2D eigenvalue weighted by Crippen LogP contribution is 2.37. The van der Waals surface area contributed by atoms with Gasteiger partial charge in [-0.05, 0) is 6.07 Å². The van der Waals surface area contributed by atoms with Crippen molar-refractivity contribution in [3.8, 4) is 17.5 Å². The minimum Gasteiger partial charge on any atom is -0.478 e. The van der Waals surface area contributed by atoms with Crippen molar-refractivity contribution in [1.29, 1.82) is 0 Å². The molecular weight excluding hydrogens is 424 g/mol. The van der Waals surface area contributed by atoms with Crippen LogP contribution in [0.4, 0.5) is 14.7 Å². The quantitative estimate of drug-likeness (QED) is 0.403. The monoisotopic (exact) mass is 439 g/mol. The first-order chi connectivity index (χ1) is 14.3. The van der Waals surface area contributed by atoms with Crippen LogP contribution in [0.2, 0.25) is 0 Å². The molecule has 0 atom stereocenters. The lowest BCUT2D eigenvalue weighted by atomic mass is 10.2. The molecule has 3 aromatic heterocycles. The van der Waals surface area contributed by atoms with Crippen LogP contribution < -0.4 is 18.9 Å². The molecular formula is C17H15F2N5O5S. The Morgan fingerprint density at radius 3 is 2.37 bits per heavy atom. The van der Waals surface area contributed by atoms with Gasteiger partial charge in [-0.15, -0.1) is 0 Å². The molecule has 1 aromatic carbocycles. The summed E-state index contributed by atoms with van der Waals surface area (Å²) >= 11 is 0. The second kappa shape index (κ2) is 7.33. The number of ether oxygens (including phenoxy) is 3. The predicted molar refractivity (Wildman–Crippen MR) is 103 cm³/mol. The summed E-state index contributed by atoms with van der Waals surface area (Å²) < 4.78 is 67.5. The van der Waals surface area contributed by atoms with Gasteiger partial charge >= 0.3 is 6.61 Å². The molecule has 0 spiro atoms. The van der Waals surface area contributed by atoms with Gasteiger partial charge in [0.25, 0.3) is 21.8 Å². The Balaban J connectivity index is 1.75. The summed E-state index contributed by atoms with van der Waals surface area (Å²) in [7, 11) is -1.85. The number of sulfonamides is 1. The van der Waals surface area contributed by atoms with Gasteiger partial charge in [0.15, 0.2) is 0 Å². The van der Waals surface area contributed by atoms with Gasteiger partial charge in [-0.3, -0.25) is 0 Å². The number of alkyl halides is 2. The van der Waals surface area contributed by atoms with Gasteiger partial charge in [0.1, 0.15) is 4.90 Å². The molecule has 0 aliphatic carbocycles. The van der Waals surface area contributed by atoms with Crippen molar-refractivity contribution in [2.45, 2.75) is 11.5 Å². The number of H-pyrrole nitrogens is 2. The molecule has 0 radical (unpaired) electrons. The first-order valence-corrected chi connectivity index (χ1v) is 9.87. The van der Waals surface area contributed by atoms with Gasteiger partial charge in [0.2, 0.25) is 11.7 Å². The highest BCUT2D eigenvalue weighted by molar-refractivity contribution is 7.93. The number of aromatic nitrogens is 4. The van der Waals surface area contributed by atoms with Gasteiger partial charge in [-0.2, -0.15) is 18.7 Å². The Hall–Kier alpha value is -3.61. The van der Waals surface area contributed by atoms with E-state index in [9.17, 15) is 17.2 Å². The van der Waals surface area contributed by atoms with E-state index in [-0.39, 0.29) is 4.90 Å². The fourth-order valence-corrected chi connectivity index (χ4v) is 4.13. The van der Waals surface area contributed by atoms with Crippen LogP contribution >= 0.6 is 0 Å². The summed E-state index contributed by atoms with van der Waals surface area (Å²) in [4.78, 5) is 13.5. The second-order valence-corrected chi connectivity index (χ2v) is 7.61. The zero-order valence-electron chi connectivity index (χ0n) is 15.6. The Kier molecular flexibility index (Phi) is 4.81. The fourth-order valence-electron chi connectivity index (χ4n) is 3.02. The first kappa shape index (κ1) is 19.7. The molecule has 0 aliphatic rings. The summed E-state index contributed by atoms with van der Waals surface area (Å²) in [6.07, 6.45) is 3.07. The van der Waals surface area contributed by atoms with Crippen LogP contribution in [0.15, 0.2) is 35.5 Å². The van der Waals surface area contributed by atoms with E-state index in [0.29, 0.717) is 10.9 Å². The van der Waals surface area contributed by atoms with E-state index < -0.39 is 40.1 Å². The third kappa shape index (κ3) is 3.32. The van der Waals surface area contributed by atoms with Crippen LogP contribution in [-0.2, 0) is 10.0 Å². The van der Waals surface area contributed by atoms with Gasteiger partial charge in [0.05, 0.1) is 25.3 Å². The van der Waals surface area contributed by atoms with Crippen molar-refractivity contribution in [2.24, 2.45) is 0 Å². The van der Waals surface area contributed by atoms with E-state index in [1.807, 2.05) is 6.07 Å². The number of rotatable bonds is 7. The lowest BCUT2D eigenvalue weighted by molar-refractivity contribution is -0.0533. The highest BCUT2D eigenvalue weighted by Gasteiger charge is 2.25. The largest absolute Gasteiger partial charge is 0.478 e. The molecule has 0 fully saturated rings.